The van der Waals surface area contributed by atoms with Gasteiger partial charge in [-0.15, -0.1) is 0 Å². The Hall–Kier alpha value is -4.69. The van der Waals surface area contributed by atoms with E-state index in [2.05, 4.69) is 4.74 Å². The van der Waals surface area contributed by atoms with Crippen LogP contribution >= 0.6 is 0 Å². The van der Waals surface area contributed by atoms with Gasteiger partial charge >= 0.3 is 6.16 Å². The molecule has 0 saturated carbocycles. The molecule has 0 N–H and O–H groups in total. The number of ether oxygens (including phenoxy) is 5. The lowest BCUT2D eigenvalue weighted by Gasteiger charge is -2.51. The van der Waals surface area contributed by atoms with Gasteiger partial charge in [-0.25, -0.2) is 13.6 Å². The zero-order valence-electron chi connectivity index (χ0n) is 23.6. The van der Waals surface area contributed by atoms with E-state index in [9.17, 15) is 18.8 Å². The number of hydrogen-bond acceptors (Lipinski definition) is 10. The quantitative estimate of drug-likeness (QED) is 0.323. The van der Waals surface area contributed by atoms with Crippen LogP contribution in [0.4, 0.5) is 19.3 Å². The second-order valence-corrected chi connectivity index (χ2v) is 10.6. The molecule has 44 heavy (non-hydrogen) atoms. The number of aromatic nitrogens is 1. The molecule has 0 spiro atoms. The van der Waals surface area contributed by atoms with E-state index in [-0.39, 0.29) is 43.4 Å². The number of benzene rings is 2. The van der Waals surface area contributed by atoms with Crippen LogP contribution in [0.25, 0.3) is 0 Å². The smallest absolute Gasteiger partial charge is 0.451 e. The van der Waals surface area contributed by atoms with Crippen molar-refractivity contribution >= 4 is 17.7 Å². The second-order valence-electron chi connectivity index (χ2n) is 10.6. The highest BCUT2D eigenvalue weighted by Crippen LogP contribution is 2.48. The molecule has 14 heteroatoms. The molecule has 2 saturated heterocycles. The third-order valence-corrected chi connectivity index (χ3v) is 8.43. The molecule has 5 heterocycles. The lowest BCUT2D eigenvalue weighted by molar-refractivity contribution is -0.0208. The van der Waals surface area contributed by atoms with Crippen molar-refractivity contribution in [2.24, 2.45) is 0 Å². The third-order valence-electron chi connectivity index (χ3n) is 8.43. The highest BCUT2D eigenvalue weighted by molar-refractivity contribution is 5.96. The van der Waals surface area contributed by atoms with Crippen LogP contribution in [0.3, 0.4) is 0 Å². The van der Waals surface area contributed by atoms with Crippen molar-refractivity contribution in [3.8, 4) is 5.75 Å². The summed E-state index contributed by atoms with van der Waals surface area (Å²) in [5, 5.41) is 1.83. The molecule has 2 aromatic carbocycles. The number of methoxy groups -OCH3 is 1. The van der Waals surface area contributed by atoms with Gasteiger partial charge in [0.05, 0.1) is 39.6 Å². The maximum atomic E-state index is 16.0. The maximum Gasteiger partial charge on any atom is 0.510 e. The predicted molar refractivity (Wildman–Crippen MR) is 149 cm³/mol. The number of nitrogens with zero attached hydrogens (tertiary/aromatic N) is 4. The molecule has 3 aromatic rings. The minimum atomic E-state index is -1.03. The average molecular weight is 611 g/mol. The van der Waals surface area contributed by atoms with Crippen LogP contribution in [0.1, 0.15) is 39.3 Å². The van der Waals surface area contributed by atoms with Gasteiger partial charge in [-0.2, -0.15) is 0 Å². The standard InChI is InChI=1S/C30H28F2N4O8/c1-40-30(39)44-16-43-28-22(37)8-9-35-27(28)29(38)34-11-13-42-15-23(34)36(35)26-17-4-2-3-5-20(17)33-10-12-41-14-21(33)24-18(26)6-7-19(31)25(24)32/h2-9,21,23,26H,10-16H2,1H3. The first kappa shape index (κ1) is 28.1. The van der Waals surface area contributed by atoms with Crippen LogP contribution in [-0.2, 0) is 18.9 Å². The summed E-state index contributed by atoms with van der Waals surface area (Å²) >= 11 is 0. The summed E-state index contributed by atoms with van der Waals surface area (Å²) in [5.41, 5.74) is 1.45. The Balaban J connectivity index is 1.48. The Morgan fingerprint density at radius 2 is 1.75 bits per heavy atom. The molecule has 7 rings (SSSR count). The van der Waals surface area contributed by atoms with E-state index in [1.54, 1.807) is 11.0 Å². The number of para-hydroxylation sites is 1. The fourth-order valence-electron chi connectivity index (χ4n) is 6.58. The first-order valence-electron chi connectivity index (χ1n) is 14.1. The summed E-state index contributed by atoms with van der Waals surface area (Å²) in [6.07, 6.45) is -0.285. The van der Waals surface area contributed by atoms with Crippen molar-refractivity contribution in [1.82, 2.24) is 9.58 Å². The first-order chi connectivity index (χ1) is 21.4. The minimum Gasteiger partial charge on any atom is -0.451 e. The largest absolute Gasteiger partial charge is 0.510 e. The van der Waals surface area contributed by atoms with Crippen molar-refractivity contribution in [3.05, 3.63) is 92.9 Å². The number of pyridine rings is 1. The second kappa shape index (κ2) is 11.1. The van der Waals surface area contributed by atoms with E-state index >= 15 is 4.39 Å². The molecule has 2 fully saturated rings. The number of fused-ring (bicyclic) bond motifs is 7. The molecule has 12 nitrogen and oxygen atoms in total. The molecule has 1 aromatic heterocycles. The van der Waals surface area contributed by atoms with E-state index < -0.39 is 54.2 Å². The number of halogens is 2. The molecule has 4 aliphatic heterocycles. The van der Waals surface area contributed by atoms with Crippen LogP contribution < -0.4 is 20.1 Å². The van der Waals surface area contributed by atoms with Gasteiger partial charge in [0.15, 0.2) is 17.3 Å². The monoisotopic (exact) mass is 610 g/mol. The summed E-state index contributed by atoms with van der Waals surface area (Å²) in [6, 6.07) is 10.1. The molecule has 3 unspecified atom stereocenters. The van der Waals surface area contributed by atoms with Gasteiger partial charge in [0, 0.05) is 42.2 Å². The normalized spacial score (nSPS) is 22.1. The molecule has 230 valence electrons. The van der Waals surface area contributed by atoms with Crippen molar-refractivity contribution < 1.29 is 42.1 Å². The van der Waals surface area contributed by atoms with Gasteiger partial charge in [-0.3, -0.25) is 19.3 Å². The van der Waals surface area contributed by atoms with E-state index in [0.29, 0.717) is 18.7 Å². The van der Waals surface area contributed by atoms with E-state index in [0.717, 1.165) is 24.4 Å². The highest BCUT2D eigenvalue weighted by atomic mass is 19.2. The van der Waals surface area contributed by atoms with Gasteiger partial charge < -0.3 is 33.5 Å². The molecule has 0 bridgehead atoms. The van der Waals surface area contributed by atoms with E-state index in [1.807, 2.05) is 34.2 Å². The minimum absolute atomic E-state index is 0.104. The highest BCUT2D eigenvalue weighted by Gasteiger charge is 2.48. The van der Waals surface area contributed by atoms with Crippen LogP contribution in [0.5, 0.6) is 5.75 Å². The van der Waals surface area contributed by atoms with Crippen molar-refractivity contribution in [2.75, 3.05) is 63.3 Å². The number of carbonyl (C=O) groups excluding carboxylic acids is 2. The van der Waals surface area contributed by atoms with Crippen LogP contribution in [0, 0.1) is 11.6 Å². The van der Waals surface area contributed by atoms with Crippen LogP contribution in [-0.4, -0.2) is 81.2 Å². The van der Waals surface area contributed by atoms with Crippen LogP contribution in [0.2, 0.25) is 0 Å². The Morgan fingerprint density at radius 1 is 0.977 bits per heavy atom. The van der Waals surface area contributed by atoms with E-state index in [1.165, 1.54) is 16.9 Å². The summed E-state index contributed by atoms with van der Waals surface area (Å²) < 4.78 is 58.9. The predicted octanol–water partition coefficient (Wildman–Crippen LogP) is 2.68. The molecule has 0 aliphatic carbocycles. The van der Waals surface area contributed by atoms with Crippen molar-refractivity contribution in [3.63, 3.8) is 0 Å². The van der Waals surface area contributed by atoms with Gasteiger partial charge in [0.1, 0.15) is 12.2 Å². The van der Waals surface area contributed by atoms with Crippen LogP contribution in [0.15, 0.2) is 53.5 Å². The summed E-state index contributed by atoms with van der Waals surface area (Å²) in [5.74, 6) is -2.80. The van der Waals surface area contributed by atoms with Gasteiger partial charge in [-0.05, 0) is 17.7 Å². The van der Waals surface area contributed by atoms with Gasteiger partial charge in [0.2, 0.25) is 18.0 Å². The Labute approximate surface area is 249 Å². The molecule has 0 radical (unpaired) electrons. The Bertz CT molecular complexity index is 1700. The number of anilines is 1. The molecule has 4 aliphatic rings. The molecule has 3 atom stereocenters. The Kier molecular flexibility index (Phi) is 7.09. The van der Waals surface area contributed by atoms with Gasteiger partial charge in [-0.1, -0.05) is 24.3 Å². The topological polar surface area (TPSA) is 112 Å². The Morgan fingerprint density at radius 3 is 2.57 bits per heavy atom. The molecule has 1 amide bonds. The summed E-state index contributed by atoms with van der Waals surface area (Å²) in [7, 11) is 1.12. The fraction of sp³-hybridized carbons (Fsp3) is 0.367. The number of rotatable bonds is 4. The molecular formula is C30H28F2N4O8. The zero-order chi connectivity index (χ0) is 30.5. The number of morpholine rings is 2. The van der Waals surface area contributed by atoms with E-state index in [4.69, 9.17) is 18.9 Å². The SMILES string of the molecule is COC(=O)OCOc1c2n(ccc1=O)N(C1c3ccccc3N3CCOCC3c3c1ccc(F)c3F)C1COCCN1C2=O. The lowest BCUT2D eigenvalue weighted by Crippen LogP contribution is -2.66. The fourth-order valence-corrected chi connectivity index (χ4v) is 6.58. The van der Waals surface area contributed by atoms with Crippen molar-refractivity contribution in [1.29, 1.82) is 0 Å². The maximum absolute atomic E-state index is 16.0. The number of carbonyl (C=O) groups is 2. The summed E-state index contributed by atoms with van der Waals surface area (Å²) in [6.45, 7) is 0.863. The zero-order valence-corrected chi connectivity index (χ0v) is 23.6. The average Bonchev–Trinajstić information content (AvgIpc) is 3.17. The first-order valence-corrected chi connectivity index (χ1v) is 14.1. The molecular weight excluding hydrogens is 582 g/mol. The number of hydrogen-bond donors (Lipinski definition) is 0. The lowest BCUT2D eigenvalue weighted by atomic mass is 9.91. The third kappa shape index (κ3) is 4.35. The number of amides is 1. The summed E-state index contributed by atoms with van der Waals surface area (Å²) in [4.78, 5) is 42.2. The van der Waals surface area contributed by atoms with Gasteiger partial charge in [0.25, 0.3) is 5.91 Å². The van der Waals surface area contributed by atoms with Crippen molar-refractivity contribution in [2.45, 2.75) is 18.2 Å².